The molecule has 3 rings (SSSR count). The molecule has 0 fully saturated rings. The Hall–Kier alpha value is -2.31. The zero-order valence-corrected chi connectivity index (χ0v) is 27.2. The van der Waals surface area contributed by atoms with E-state index in [-0.39, 0.29) is 12.0 Å². The number of carbonyl (C=O) groups is 1. The summed E-state index contributed by atoms with van der Waals surface area (Å²) in [4.78, 5) is 13.4. The predicted octanol–water partition coefficient (Wildman–Crippen LogP) is 7.18. The summed E-state index contributed by atoms with van der Waals surface area (Å²) in [6.45, 7) is 8.23. The SMILES string of the molecule is CC[Si](CC)(CC)O[C@H]1CC=C(OS(=O)(=O)C(F)(F)F)[C@]2(C)CC=C(OS(=O)(=O)C(F)(F)F)[C@](C)(CC(=O)c3ccoc3)[C@@H]12. The van der Waals surface area contributed by atoms with Crippen LogP contribution in [-0.4, -0.2) is 48.1 Å². The van der Waals surface area contributed by atoms with Crippen molar-refractivity contribution in [2.24, 2.45) is 16.7 Å². The number of alkyl halides is 6. The fraction of sp³-hybridized carbons (Fsp3) is 0.654. The van der Waals surface area contributed by atoms with Crippen molar-refractivity contribution in [3.63, 3.8) is 0 Å². The molecule has 1 aromatic rings. The van der Waals surface area contributed by atoms with Gasteiger partial charge in [0.05, 0.1) is 17.9 Å². The minimum Gasteiger partial charge on any atom is -0.472 e. The van der Waals surface area contributed by atoms with Crippen molar-refractivity contribution in [3.05, 3.63) is 47.8 Å². The number of hydrogen-bond donors (Lipinski definition) is 0. The van der Waals surface area contributed by atoms with Crippen LogP contribution in [-0.2, 0) is 33.0 Å². The van der Waals surface area contributed by atoms with E-state index in [1.165, 1.54) is 19.9 Å². The molecule has 0 amide bonds. The second-order valence-corrected chi connectivity index (χ2v) is 19.2. The molecule has 0 unspecified atom stereocenters. The summed E-state index contributed by atoms with van der Waals surface area (Å²) >= 11 is 0. The Morgan fingerprint density at radius 1 is 0.932 bits per heavy atom. The summed E-state index contributed by atoms with van der Waals surface area (Å²) in [6, 6.07) is 3.03. The van der Waals surface area contributed by atoms with E-state index in [0.717, 1.165) is 24.7 Å². The average Bonchev–Trinajstić information content (AvgIpc) is 3.45. The molecule has 0 N–H and O–H groups in total. The Labute approximate surface area is 253 Å². The molecule has 18 heteroatoms. The molecule has 0 spiro atoms. The normalized spacial score (nSPS) is 26.8. The highest BCUT2D eigenvalue weighted by Gasteiger charge is 2.63. The highest BCUT2D eigenvalue weighted by Crippen LogP contribution is 2.62. The number of Topliss-reactive ketones (excluding diaryl/α,β-unsaturated/α-hetero) is 1. The second-order valence-electron chi connectivity index (χ2n) is 11.4. The van der Waals surface area contributed by atoms with Gasteiger partial charge in [-0.1, -0.05) is 34.6 Å². The van der Waals surface area contributed by atoms with Crippen LogP contribution in [0.5, 0.6) is 0 Å². The fourth-order valence-corrected chi connectivity index (χ4v) is 10.3. The Balaban J connectivity index is 2.31. The highest BCUT2D eigenvalue weighted by molar-refractivity contribution is 7.88. The van der Waals surface area contributed by atoms with E-state index >= 15 is 0 Å². The van der Waals surface area contributed by atoms with E-state index in [9.17, 15) is 48.0 Å². The number of hydrogen-bond acceptors (Lipinski definition) is 9. The summed E-state index contributed by atoms with van der Waals surface area (Å²) in [5, 5.41) is 0. The Bertz CT molecular complexity index is 1490. The van der Waals surface area contributed by atoms with Crippen LogP contribution < -0.4 is 0 Å². The maximum atomic E-state index is 13.5. The van der Waals surface area contributed by atoms with Crippen molar-refractivity contribution in [1.82, 2.24) is 0 Å². The van der Waals surface area contributed by atoms with E-state index in [1.807, 2.05) is 20.8 Å². The van der Waals surface area contributed by atoms with Gasteiger partial charge in [-0.2, -0.15) is 43.2 Å². The summed E-state index contributed by atoms with van der Waals surface area (Å²) < 4.78 is 150. The summed E-state index contributed by atoms with van der Waals surface area (Å²) in [5.41, 5.74) is -15.4. The molecule has 0 radical (unpaired) electrons. The molecule has 0 bridgehead atoms. The largest absolute Gasteiger partial charge is 0.534 e. The van der Waals surface area contributed by atoms with Gasteiger partial charge < -0.3 is 17.2 Å². The summed E-state index contributed by atoms with van der Waals surface area (Å²) in [6.07, 6.45) is 1.81. The van der Waals surface area contributed by atoms with Crippen molar-refractivity contribution in [2.75, 3.05) is 0 Å². The van der Waals surface area contributed by atoms with Gasteiger partial charge in [0.1, 0.15) is 17.8 Å². The first-order valence-electron chi connectivity index (χ1n) is 13.7. The third-order valence-electron chi connectivity index (χ3n) is 8.79. The Kier molecular flexibility index (Phi) is 9.97. The molecule has 0 saturated carbocycles. The Morgan fingerprint density at radius 2 is 1.45 bits per heavy atom. The standard InChI is InChI=1S/C26H34F6O9S2Si/c1-6-44(7-2,8-3)41-19-9-10-20(39-42(34,35)25(27,28)29)23(4)13-11-21(40-43(36,37)26(30,31)32)24(5,22(19)23)15-18(33)17-12-14-38-16-17/h10-12,14,16,19,22H,6-9,13,15H2,1-5H3/t19-,22-,23-,24-/m0/s1. The fourth-order valence-electron chi connectivity index (χ4n) is 6.27. The van der Waals surface area contributed by atoms with Crippen LogP contribution >= 0.6 is 0 Å². The van der Waals surface area contributed by atoms with Gasteiger partial charge in [0.25, 0.3) is 0 Å². The number of furan rings is 1. The quantitative estimate of drug-likeness (QED) is 0.0735. The molecule has 0 aliphatic heterocycles. The monoisotopic (exact) mass is 696 g/mol. The number of carbonyl (C=O) groups excluding carboxylic acids is 1. The lowest BCUT2D eigenvalue weighted by Gasteiger charge is -2.56. The van der Waals surface area contributed by atoms with Gasteiger partial charge >= 0.3 is 31.3 Å². The lowest BCUT2D eigenvalue weighted by molar-refractivity contribution is -0.0753. The number of halogens is 6. The first-order valence-corrected chi connectivity index (χ1v) is 19.0. The summed E-state index contributed by atoms with van der Waals surface area (Å²) in [5.74, 6) is -3.45. The maximum absolute atomic E-state index is 13.5. The molecule has 44 heavy (non-hydrogen) atoms. The summed E-state index contributed by atoms with van der Waals surface area (Å²) in [7, 11) is -15.0. The lowest BCUT2D eigenvalue weighted by Crippen LogP contribution is -2.57. The van der Waals surface area contributed by atoms with E-state index in [0.29, 0.717) is 18.1 Å². The highest BCUT2D eigenvalue weighted by atomic mass is 32.2. The molecule has 4 atom stereocenters. The molecule has 9 nitrogen and oxygen atoms in total. The predicted molar refractivity (Wildman–Crippen MR) is 147 cm³/mol. The number of rotatable bonds is 12. The molecular weight excluding hydrogens is 662 g/mol. The van der Waals surface area contributed by atoms with Crippen LogP contribution in [0, 0.1) is 16.7 Å². The molecule has 1 heterocycles. The third-order valence-corrected chi connectivity index (χ3v) is 15.4. The molecule has 1 aromatic heterocycles. The van der Waals surface area contributed by atoms with Crippen LogP contribution in [0.1, 0.15) is 64.2 Å². The molecular formula is C26H34F6O9S2Si. The molecule has 0 aromatic carbocycles. The van der Waals surface area contributed by atoms with Gasteiger partial charge in [0.2, 0.25) is 0 Å². The van der Waals surface area contributed by atoms with Crippen LogP contribution in [0.3, 0.4) is 0 Å². The van der Waals surface area contributed by atoms with Gasteiger partial charge in [0.15, 0.2) is 14.1 Å². The smallest absolute Gasteiger partial charge is 0.472 e. The van der Waals surface area contributed by atoms with Gasteiger partial charge in [-0.25, -0.2) is 0 Å². The molecule has 0 saturated heterocycles. The molecule has 250 valence electrons. The minimum absolute atomic E-state index is 0.0177. The zero-order chi connectivity index (χ0) is 33.6. The van der Waals surface area contributed by atoms with Crippen molar-refractivity contribution in [3.8, 4) is 0 Å². The number of ketones is 1. The van der Waals surface area contributed by atoms with Gasteiger partial charge in [-0.05, 0) is 49.2 Å². The van der Waals surface area contributed by atoms with Crippen LogP contribution in [0.2, 0.25) is 18.1 Å². The zero-order valence-electron chi connectivity index (χ0n) is 24.5. The average molecular weight is 697 g/mol. The molecule has 2 aliphatic carbocycles. The van der Waals surface area contributed by atoms with Crippen LogP contribution in [0.15, 0.2) is 46.7 Å². The maximum Gasteiger partial charge on any atom is 0.534 e. The topological polar surface area (TPSA) is 126 Å². The second kappa shape index (κ2) is 12.1. The van der Waals surface area contributed by atoms with Crippen molar-refractivity contribution >= 4 is 34.3 Å². The third kappa shape index (κ3) is 6.63. The van der Waals surface area contributed by atoms with Crippen molar-refractivity contribution in [1.29, 1.82) is 0 Å². The van der Waals surface area contributed by atoms with E-state index in [4.69, 9.17) is 8.84 Å². The van der Waals surface area contributed by atoms with Gasteiger partial charge in [-0.3, -0.25) is 4.79 Å². The molecule has 2 aliphatic rings. The van der Waals surface area contributed by atoms with Gasteiger partial charge in [-0.15, -0.1) is 0 Å². The van der Waals surface area contributed by atoms with E-state index < -0.39 is 92.6 Å². The van der Waals surface area contributed by atoms with E-state index in [1.54, 1.807) is 0 Å². The first-order chi connectivity index (χ1) is 20.0. The first kappa shape index (κ1) is 36.2. The van der Waals surface area contributed by atoms with E-state index in [2.05, 4.69) is 8.37 Å². The number of allylic oxidation sites excluding steroid dienone is 3. The minimum atomic E-state index is -6.26. The van der Waals surface area contributed by atoms with Crippen molar-refractivity contribution < 1.29 is 65.2 Å². The van der Waals surface area contributed by atoms with Crippen LogP contribution in [0.4, 0.5) is 26.3 Å². The van der Waals surface area contributed by atoms with Crippen LogP contribution in [0.25, 0.3) is 0 Å². The number of fused-ring (bicyclic) bond motifs is 1. The lowest BCUT2D eigenvalue weighted by atomic mass is 9.52. The Morgan fingerprint density at radius 3 is 1.91 bits per heavy atom. The van der Waals surface area contributed by atoms with Crippen molar-refractivity contribution in [2.45, 2.75) is 89.1 Å². The van der Waals surface area contributed by atoms with Gasteiger partial charge in [0, 0.05) is 23.2 Å².